The first-order chi connectivity index (χ1) is 8.34. The molecule has 0 saturated carbocycles. The van der Waals surface area contributed by atoms with Gasteiger partial charge in [-0.2, -0.15) is 0 Å². The van der Waals surface area contributed by atoms with Crippen molar-refractivity contribution in [1.29, 1.82) is 0 Å². The number of aliphatic hydroxyl groups excluding tert-OH is 1. The second kappa shape index (κ2) is 6.05. The van der Waals surface area contributed by atoms with E-state index in [1.807, 2.05) is 0 Å². The van der Waals surface area contributed by atoms with Crippen LogP contribution in [-0.4, -0.2) is 32.1 Å². The van der Waals surface area contributed by atoms with E-state index in [4.69, 9.17) is 10.2 Å². The Morgan fingerprint density at radius 3 is 1.44 bits per heavy atom. The van der Waals surface area contributed by atoms with Crippen LogP contribution in [0.15, 0.2) is 12.1 Å². The summed E-state index contributed by atoms with van der Waals surface area (Å²) in [7, 11) is 1.00. The Labute approximate surface area is 98.3 Å². The minimum atomic E-state index is -1.21. The van der Waals surface area contributed by atoms with Crippen LogP contribution in [0.2, 0.25) is 0 Å². The summed E-state index contributed by atoms with van der Waals surface area (Å²) in [5.41, 5.74) is -3.00. The molecule has 98 valence electrons. The van der Waals surface area contributed by atoms with Gasteiger partial charge in [0.15, 0.2) is 0 Å². The van der Waals surface area contributed by atoms with E-state index >= 15 is 0 Å². The summed E-state index contributed by atoms with van der Waals surface area (Å²) in [5.74, 6) is -1.21. The van der Waals surface area contributed by atoms with Gasteiger partial charge in [0.1, 0.15) is 0 Å². The Balaban J connectivity index is 0.00000137. The lowest BCUT2D eigenvalue weighted by atomic mass is 10.2. The van der Waals surface area contributed by atoms with Gasteiger partial charge < -0.3 is 10.2 Å². The molecule has 0 aliphatic heterocycles. The summed E-state index contributed by atoms with van der Waals surface area (Å²) in [6, 6.07) is 0.894. The van der Waals surface area contributed by atoms with Gasteiger partial charge in [0.25, 0.3) is 11.4 Å². The van der Waals surface area contributed by atoms with Crippen molar-refractivity contribution >= 4 is 17.1 Å². The van der Waals surface area contributed by atoms with Gasteiger partial charge in [-0.3, -0.25) is 30.3 Å². The lowest BCUT2D eigenvalue weighted by Crippen LogP contribution is -1.97. The highest BCUT2D eigenvalue weighted by atomic mass is 16.6. The van der Waals surface area contributed by atoms with Crippen molar-refractivity contribution in [3.05, 3.63) is 42.5 Å². The molecule has 0 aromatic heterocycles. The molecule has 0 amide bonds. The number of nitro groups is 3. The van der Waals surface area contributed by atoms with Gasteiger partial charge in [-0.25, -0.2) is 0 Å². The highest BCUT2D eigenvalue weighted by Gasteiger charge is 2.29. The quantitative estimate of drug-likeness (QED) is 0.591. The molecule has 0 radical (unpaired) electrons. The molecule has 0 heterocycles. The largest absolute Gasteiger partial charge is 0.497 e. The standard InChI is InChI=1S/C6H3N3O7.CH4O/c10-6-4(8(13)14)1-3(7(11)12)2-5(6)9(15)16;1-2/h1-2,10H;2H,1H3. The molecule has 1 aromatic rings. The number of hydrogen-bond donors (Lipinski definition) is 2. The van der Waals surface area contributed by atoms with Crippen molar-refractivity contribution in [2.24, 2.45) is 0 Å². The summed E-state index contributed by atoms with van der Waals surface area (Å²) < 4.78 is 0. The van der Waals surface area contributed by atoms with E-state index in [9.17, 15) is 30.3 Å². The van der Waals surface area contributed by atoms with Crippen molar-refractivity contribution in [2.45, 2.75) is 0 Å². The fourth-order valence-electron chi connectivity index (χ4n) is 0.974. The minimum Gasteiger partial charge on any atom is -0.497 e. The van der Waals surface area contributed by atoms with E-state index in [-0.39, 0.29) is 0 Å². The predicted molar refractivity (Wildman–Crippen MR) is 56.2 cm³/mol. The molecule has 0 unspecified atom stereocenters. The molecule has 18 heavy (non-hydrogen) atoms. The maximum Gasteiger partial charge on any atom is 0.324 e. The van der Waals surface area contributed by atoms with Gasteiger partial charge >= 0.3 is 11.4 Å². The van der Waals surface area contributed by atoms with Crippen LogP contribution in [0.1, 0.15) is 0 Å². The van der Waals surface area contributed by atoms with Gasteiger partial charge in [-0.1, -0.05) is 0 Å². The molecule has 0 atom stereocenters. The van der Waals surface area contributed by atoms with Gasteiger partial charge in [0.2, 0.25) is 0 Å². The number of phenolic OH excluding ortho intramolecular Hbond substituents is 1. The van der Waals surface area contributed by atoms with E-state index in [1.54, 1.807) is 0 Å². The first-order valence-corrected chi connectivity index (χ1v) is 4.09. The highest BCUT2D eigenvalue weighted by Crippen LogP contribution is 2.38. The third-order valence-electron chi connectivity index (χ3n) is 1.66. The Bertz CT molecular complexity index is 464. The summed E-state index contributed by atoms with van der Waals surface area (Å²) >= 11 is 0. The zero-order chi connectivity index (χ0) is 14.5. The molecular weight excluding hydrogens is 254 g/mol. The van der Waals surface area contributed by atoms with Crippen molar-refractivity contribution < 1.29 is 25.0 Å². The van der Waals surface area contributed by atoms with Crippen molar-refractivity contribution in [1.82, 2.24) is 0 Å². The number of hydrogen-bond acceptors (Lipinski definition) is 8. The van der Waals surface area contributed by atoms with E-state index in [0.29, 0.717) is 12.1 Å². The van der Waals surface area contributed by atoms with Crippen LogP contribution < -0.4 is 0 Å². The van der Waals surface area contributed by atoms with E-state index in [2.05, 4.69) is 0 Å². The Kier molecular flexibility index (Phi) is 5.10. The van der Waals surface area contributed by atoms with Crippen LogP contribution in [0, 0.1) is 30.3 Å². The molecule has 1 aromatic carbocycles. The van der Waals surface area contributed by atoms with E-state index in [0.717, 1.165) is 7.11 Å². The molecule has 0 aliphatic rings. The molecule has 1 rings (SSSR count). The summed E-state index contributed by atoms with van der Waals surface area (Å²) in [6.07, 6.45) is 0. The summed E-state index contributed by atoms with van der Waals surface area (Å²) in [6.45, 7) is 0. The van der Waals surface area contributed by atoms with Gasteiger partial charge in [0.05, 0.1) is 26.9 Å². The SMILES string of the molecule is CO.O=[N+]([O-])c1cc([N+](=O)[O-])c(O)c([N+](=O)[O-])c1. The second-order valence-electron chi connectivity index (χ2n) is 2.60. The molecule has 0 saturated heterocycles. The first-order valence-electron chi connectivity index (χ1n) is 4.09. The molecular formula is C7H7N3O8. The Morgan fingerprint density at radius 1 is 0.889 bits per heavy atom. The number of phenols is 1. The van der Waals surface area contributed by atoms with Crippen LogP contribution in [0.3, 0.4) is 0 Å². The maximum atomic E-state index is 10.4. The van der Waals surface area contributed by atoms with Gasteiger partial charge in [0, 0.05) is 7.11 Å². The fraction of sp³-hybridized carbons (Fsp3) is 0.143. The number of aliphatic hydroxyl groups is 1. The van der Waals surface area contributed by atoms with Crippen LogP contribution in [0.25, 0.3) is 0 Å². The van der Waals surface area contributed by atoms with E-state index < -0.39 is 37.6 Å². The van der Waals surface area contributed by atoms with Crippen LogP contribution in [-0.2, 0) is 0 Å². The van der Waals surface area contributed by atoms with E-state index in [1.165, 1.54) is 0 Å². The van der Waals surface area contributed by atoms with Gasteiger partial charge in [-0.05, 0) is 0 Å². The first kappa shape index (κ1) is 15.2. The average Bonchev–Trinajstić information content (AvgIpc) is 2.30. The summed E-state index contributed by atoms with van der Waals surface area (Å²) in [4.78, 5) is 27.8. The van der Waals surface area contributed by atoms with Gasteiger partial charge in [-0.15, -0.1) is 0 Å². The van der Waals surface area contributed by atoms with Crippen LogP contribution in [0.4, 0.5) is 17.1 Å². The number of benzene rings is 1. The van der Waals surface area contributed by atoms with Crippen molar-refractivity contribution in [3.63, 3.8) is 0 Å². The number of rotatable bonds is 3. The lowest BCUT2D eigenvalue weighted by Gasteiger charge is -1.97. The molecule has 0 fully saturated rings. The number of non-ortho nitro benzene ring substituents is 1. The normalized spacial score (nSPS) is 9.00. The zero-order valence-electron chi connectivity index (χ0n) is 8.84. The second-order valence-corrected chi connectivity index (χ2v) is 2.60. The zero-order valence-corrected chi connectivity index (χ0v) is 8.84. The number of nitro benzene ring substituents is 3. The molecule has 0 bridgehead atoms. The minimum absolute atomic E-state index is 0.447. The average molecular weight is 261 g/mol. The number of nitrogens with zero attached hydrogens (tertiary/aromatic N) is 3. The molecule has 11 nitrogen and oxygen atoms in total. The third-order valence-corrected chi connectivity index (χ3v) is 1.66. The lowest BCUT2D eigenvalue weighted by molar-refractivity contribution is -0.404. The smallest absolute Gasteiger partial charge is 0.324 e. The molecule has 11 heteroatoms. The van der Waals surface area contributed by atoms with Crippen LogP contribution in [0.5, 0.6) is 5.75 Å². The monoisotopic (exact) mass is 261 g/mol. The fourth-order valence-corrected chi connectivity index (χ4v) is 0.974. The summed E-state index contributed by atoms with van der Waals surface area (Å²) in [5, 5.41) is 47.2. The highest BCUT2D eigenvalue weighted by molar-refractivity contribution is 5.64. The van der Waals surface area contributed by atoms with Crippen LogP contribution >= 0.6 is 0 Å². The third kappa shape index (κ3) is 3.08. The Morgan fingerprint density at radius 2 is 1.22 bits per heavy atom. The number of aromatic hydroxyl groups is 1. The molecule has 0 aliphatic carbocycles. The molecule has 0 spiro atoms. The predicted octanol–water partition coefficient (Wildman–Crippen LogP) is 0.725. The van der Waals surface area contributed by atoms with Crippen molar-refractivity contribution in [2.75, 3.05) is 7.11 Å². The topological polar surface area (TPSA) is 170 Å². The van der Waals surface area contributed by atoms with Crippen molar-refractivity contribution in [3.8, 4) is 5.75 Å². The molecule has 2 N–H and O–H groups in total. The Hall–Kier alpha value is -2.82. The maximum absolute atomic E-state index is 10.4.